The van der Waals surface area contributed by atoms with Gasteiger partial charge in [-0.05, 0) is 24.3 Å². The Hall–Kier alpha value is -3.72. The van der Waals surface area contributed by atoms with Crippen LogP contribution in [0.4, 0.5) is 11.6 Å². The Morgan fingerprint density at radius 1 is 0.938 bits per heavy atom. The van der Waals surface area contributed by atoms with E-state index in [4.69, 9.17) is 19.4 Å². The Bertz CT molecular complexity index is 1320. The minimum atomic E-state index is -0.201. The van der Waals surface area contributed by atoms with Gasteiger partial charge in [-0.15, -0.1) is 11.3 Å². The van der Waals surface area contributed by atoms with Gasteiger partial charge >= 0.3 is 0 Å². The number of hydrogen-bond donors (Lipinski definition) is 0. The zero-order valence-corrected chi connectivity index (χ0v) is 18.7. The van der Waals surface area contributed by atoms with Crippen LogP contribution in [0, 0.1) is 0 Å². The number of amides is 1. The van der Waals surface area contributed by atoms with Crippen molar-refractivity contribution in [3.63, 3.8) is 0 Å². The van der Waals surface area contributed by atoms with Crippen molar-refractivity contribution in [1.82, 2.24) is 15.0 Å². The fourth-order valence-electron chi connectivity index (χ4n) is 3.77. The third kappa shape index (κ3) is 3.31. The highest BCUT2D eigenvalue weighted by atomic mass is 32.1. The number of nitrogens with zero attached hydrogens (tertiary/aromatic N) is 5. The van der Waals surface area contributed by atoms with E-state index in [1.165, 1.54) is 11.3 Å². The average molecular weight is 448 g/mol. The smallest absolute Gasteiger partial charge is 0.279 e. The number of thiazole rings is 1. The molecule has 0 saturated carbocycles. The van der Waals surface area contributed by atoms with Crippen molar-refractivity contribution in [2.24, 2.45) is 0 Å². The molecule has 162 valence electrons. The van der Waals surface area contributed by atoms with Gasteiger partial charge in [-0.25, -0.2) is 15.0 Å². The summed E-state index contributed by atoms with van der Waals surface area (Å²) in [6, 6.07) is 13.3. The molecule has 0 saturated heterocycles. The number of aromatic nitrogens is 3. The molecule has 4 aromatic rings. The summed E-state index contributed by atoms with van der Waals surface area (Å²) in [6.45, 7) is 1.16. The molecular formula is C23H21N5O3S. The topological polar surface area (TPSA) is 80.7 Å². The molecule has 0 radical (unpaired) electrons. The summed E-state index contributed by atoms with van der Waals surface area (Å²) >= 11 is 1.39. The average Bonchev–Trinajstić information content (AvgIpc) is 3.32. The predicted molar refractivity (Wildman–Crippen MR) is 125 cm³/mol. The number of methoxy groups -OCH3 is 2. The number of carbonyl (C=O) groups excluding carboxylic acids is 1. The summed E-state index contributed by atoms with van der Waals surface area (Å²) in [6.07, 6.45) is 0. The van der Waals surface area contributed by atoms with Crippen LogP contribution >= 0.6 is 11.3 Å². The number of carbonyl (C=O) groups is 1. The van der Waals surface area contributed by atoms with E-state index >= 15 is 0 Å². The van der Waals surface area contributed by atoms with Crippen LogP contribution in [0.25, 0.3) is 21.6 Å². The zero-order valence-electron chi connectivity index (χ0n) is 17.9. The van der Waals surface area contributed by atoms with E-state index < -0.39 is 0 Å². The number of hydrogen-bond acceptors (Lipinski definition) is 8. The van der Waals surface area contributed by atoms with E-state index in [1.807, 2.05) is 54.4 Å². The van der Waals surface area contributed by atoms with Gasteiger partial charge in [0.25, 0.3) is 5.91 Å². The normalized spacial score (nSPS) is 13.2. The molecule has 1 amide bonds. The van der Waals surface area contributed by atoms with Crippen LogP contribution in [-0.2, 0) is 0 Å². The van der Waals surface area contributed by atoms with Crippen molar-refractivity contribution in [1.29, 1.82) is 0 Å². The maximum absolute atomic E-state index is 13.5. The number of fused-ring (bicyclic) bond motifs is 2. The van der Waals surface area contributed by atoms with Crippen molar-refractivity contribution >= 4 is 39.9 Å². The summed E-state index contributed by atoms with van der Waals surface area (Å²) in [5.74, 6) is 2.24. The van der Waals surface area contributed by atoms with E-state index in [1.54, 1.807) is 24.5 Å². The molecule has 2 aromatic carbocycles. The molecule has 1 aliphatic heterocycles. The van der Waals surface area contributed by atoms with Crippen LogP contribution in [-0.4, -0.2) is 55.2 Å². The van der Waals surface area contributed by atoms with Crippen molar-refractivity contribution < 1.29 is 14.3 Å². The predicted octanol–water partition coefficient (Wildman–Crippen LogP) is 3.87. The lowest BCUT2D eigenvalue weighted by atomic mass is 10.2. The fraction of sp³-hybridized carbons (Fsp3) is 0.217. The van der Waals surface area contributed by atoms with Crippen molar-refractivity contribution in [2.45, 2.75) is 0 Å². The Labute approximate surface area is 189 Å². The molecule has 0 spiro atoms. The molecular weight excluding hydrogens is 426 g/mol. The lowest BCUT2D eigenvalue weighted by Crippen LogP contribution is -2.44. The molecule has 0 bridgehead atoms. The maximum Gasteiger partial charge on any atom is 0.279 e. The van der Waals surface area contributed by atoms with Crippen molar-refractivity contribution in [3.05, 3.63) is 53.5 Å². The van der Waals surface area contributed by atoms with Gasteiger partial charge in [0.05, 0.1) is 30.8 Å². The molecule has 1 aliphatic rings. The van der Waals surface area contributed by atoms with Gasteiger partial charge in [-0.3, -0.25) is 9.69 Å². The van der Waals surface area contributed by atoms with Gasteiger partial charge in [0.1, 0.15) is 10.7 Å². The number of likely N-dealkylation sites (N-methyl/N-ethyl adjacent to an activating group) is 1. The molecule has 5 rings (SSSR count). The quantitative estimate of drug-likeness (QED) is 0.470. The molecule has 0 N–H and O–H groups in total. The first kappa shape index (κ1) is 20.2. The van der Waals surface area contributed by atoms with E-state index in [9.17, 15) is 4.79 Å². The highest BCUT2D eigenvalue weighted by Gasteiger charge is 2.30. The van der Waals surface area contributed by atoms with E-state index in [0.717, 1.165) is 16.6 Å². The summed E-state index contributed by atoms with van der Waals surface area (Å²) in [4.78, 5) is 31.3. The summed E-state index contributed by atoms with van der Waals surface area (Å²) < 4.78 is 10.9. The van der Waals surface area contributed by atoms with Crippen LogP contribution < -0.4 is 19.3 Å². The van der Waals surface area contributed by atoms with Gasteiger partial charge in [0, 0.05) is 25.5 Å². The second kappa shape index (κ2) is 8.08. The lowest BCUT2D eigenvalue weighted by molar-refractivity contribution is 0.0982. The maximum atomic E-state index is 13.5. The standard InChI is InChI=1S/C23H21N5O3S/c1-27-11-12-28(21-20(27)24-15-8-4-5-9-16(15)25-21)23(29)17-13-32-22(26-17)14-7-6-10-18(30-2)19(14)31-3/h4-10,13H,11-12H2,1-3H3. The number of para-hydroxylation sites is 3. The third-order valence-corrected chi connectivity index (χ3v) is 6.29. The third-order valence-electron chi connectivity index (χ3n) is 5.41. The number of benzene rings is 2. The highest BCUT2D eigenvalue weighted by molar-refractivity contribution is 7.13. The Balaban J connectivity index is 1.53. The Morgan fingerprint density at radius 3 is 2.41 bits per heavy atom. The summed E-state index contributed by atoms with van der Waals surface area (Å²) in [5.41, 5.74) is 2.69. The van der Waals surface area contributed by atoms with Crippen LogP contribution in [0.15, 0.2) is 47.8 Å². The van der Waals surface area contributed by atoms with Crippen molar-refractivity contribution in [2.75, 3.05) is 44.2 Å². The SMILES string of the molecule is COc1cccc(-c2nc(C(=O)N3CCN(C)c4nc5ccccc5nc43)cs2)c1OC. The Kier molecular flexibility index (Phi) is 5.10. The van der Waals surface area contributed by atoms with Gasteiger partial charge in [-0.2, -0.15) is 0 Å². The molecule has 0 fully saturated rings. The second-order valence-electron chi connectivity index (χ2n) is 7.32. The minimum absolute atomic E-state index is 0.201. The second-order valence-corrected chi connectivity index (χ2v) is 8.17. The van der Waals surface area contributed by atoms with Gasteiger partial charge in [0.2, 0.25) is 0 Å². The molecule has 0 atom stereocenters. The highest BCUT2D eigenvalue weighted by Crippen LogP contribution is 2.39. The van der Waals surface area contributed by atoms with Gasteiger partial charge in [-0.1, -0.05) is 18.2 Å². The number of ether oxygens (including phenoxy) is 2. The molecule has 8 nitrogen and oxygen atoms in total. The van der Waals surface area contributed by atoms with E-state index in [0.29, 0.717) is 46.9 Å². The van der Waals surface area contributed by atoms with Gasteiger partial charge < -0.3 is 14.4 Å². The summed E-state index contributed by atoms with van der Waals surface area (Å²) in [7, 11) is 5.14. The van der Waals surface area contributed by atoms with Crippen molar-refractivity contribution in [3.8, 4) is 22.1 Å². The van der Waals surface area contributed by atoms with Crippen LogP contribution in [0.1, 0.15) is 10.5 Å². The zero-order chi connectivity index (χ0) is 22.2. The van der Waals surface area contributed by atoms with E-state index in [-0.39, 0.29) is 5.91 Å². The first-order valence-electron chi connectivity index (χ1n) is 10.1. The molecule has 3 heterocycles. The molecule has 0 unspecified atom stereocenters. The first-order chi connectivity index (χ1) is 15.6. The number of anilines is 2. The molecule has 2 aromatic heterocycles. The first-order valence-corrected chi connectivity index (χ1v) is 11.0. The molecule has 0 aliphatic carbocycles. The minimum Gasteiger partial charge on any atom is -0.493 e. The number of rotatable bonds is 4. The summed E-state index contributed by atoms with van der Waals surface area (Å²) in [5, 5.41) is 2.45. The molecule has 9 heteroatoms. The van der Waals surface area contributed by atoms with Crippen LogP contribution in [0.5, 0.6) is 11.5 Å². The van der Waals surface area contributed by atoms with E-state index in [2.05, 4.69) is 4.98 Å². The fourth-order valence-corrected chi connectivity index (χ4v) is 4.58. The monoisotopic (exact) mass is 447 g/mol. The van der Waals surface area contributed by atoms with Gasteiger partial charge in [0.15, 0.2) is 23.1 Å². The molecule has 32 heavy (non-hydrogen) atoms. The largest absolute Gasteiger partial charge is 0.493 e. The van der Waals surface area contributed by atoms with Crippen LogP contribution in [0.3, 0.4) is 0 Å². The van der Waals surface area contributed by atoms with Crippen LogP contribution in [0.2, 0.25) is 0 Å². The Morgan fingerprint density at radius 2 is 1.69 bits per heavy atom. The lowest BCUT2D eigenvalue weighted by Gasteiger charge is -2.33.